The highest BCUT2D eigenvalue weighted by atomic mass is 16.6. The summed E-state index contributed by atoms with van der Waals surface area (Å²) in [6, 6.07) is -0.356. The number of hydrogen-bond acceptors (Lipinski definition) is 5. The van der Waals surface area contributed by atoms with Crippen molar-refractivity contribution in [3.05, 3.63) is 0 Å². The number of nitrogens with one attached hydrogen (secondary N) is 1. The molecule has 0 unspecified atom stereocenters. The van der Waals surface area contributed by atoms with Crippen LogP contribution in [0.1, 0.15) is 26.2 Å². The fourth-order valence-corrected chi connectivity index (χ4v) is 1.55. The Kier molecular flexibility index (Phi) is 6.37. The maximum atomic E-state index is 11.4. The highest BCUT2D eigenvalue weighted by molar-refractivity contribution is 5.76. The fraction of sp³-hybridized carbons (Fsp3) is 0.909. The standard InChI is InChI=1S/C11H21NO4/c1-2-3-4-15-5-6-16-11(14)10-7-9(13)8-12-10/h9-10,12-13H,2-8H2,1H3/t9-,10-/m1/s1. The summed E-state index contributed by atoms with van der Waals surface area (Å²) in [5.74, 6) is -0.296. The number of esters is 1. The molecular formula is C11H21NO4. The summed E-state index contributed by atoms with van der Waals surface area (Å²) < 4.78 is 10.3. The maximum Gasteiger partial charge on any atom is 0.323 e. The van der Waals surface area contributed by atoms with Crippen molar-refractivity contribution in [2.45, 2.75) is 38.3 Å². The molecule has 16 heavy (non-hydrogen) atoms. The number of aliphatic hydroxyl groups excluding tert-OH is 1. The van der Waals surface area contributed by atoms with Gasteiger partial charge in [-0.25, -0.2) is 0 Å². The van der Waals surface area contributed by atoms with Gasteiger partial charge in [-0.2, -0.15) is 0 Å². The Balaban J connectivity index is 1.98. The molecule has 2 N–H and O–H groups in total. The fourth-order valence-electron chi connectivity index (χ4n) is 1.55. The molecule has 0 radical (unpaired) electrons. The molecule has 0 amide bonds. The third kappa shape index (κ3) is 4.92. The van der Waals surface area contributed by atoms with Gasteiger partial charge < -0.3 is 19.9 Å². The average molecular weight is 231 g/mol. The summed E-state index contributed by atoms with van der Waals surface area (Å²) in [5, 5.41) is 12.1. The van der Waals surface area contributed by atoms with E-state index in [0.717, 1.165) is 12.8 Å². The van der Waals surface area contributed by atoms with Gasteiger partial charge in [0.15, 0.2) is 0 Å². The number of carbonyl (C=O) groups is 1. The lowest BCUT2D eigenvalue weighted by Crippen LogP contribution is -2.33. The quantitative estimate of drug-likeness (QED) is 0.479. The monoisotopic (exact) mass is 231 g/mol. The van der Waals surface area contributed by atoms with Crippen LogP contribution in [0.4, 0.5) is 0 Å². The average Bonchev–Trinajstić information content (AvgIpc) is 2.70. The zero-order chi connectivity index (χ0) is 11.8. The molecule has 0 aromatic carbocycles. The van der Waals surface area contributed by atoms with E-state index in [2.05, 4.69) is 12.2 Å². The minimum absolute atomic E-state index is 0.289. The Morgan fingerprint density at radius 1 is 1.44 bits per heavy atom. The van der Waals surface area contributed by atoms with Crippen LogP contribution in [0.25, 0.3) is 0 Å². The number of aliphatic hydroxyl groups is 1. The van der Waals surface area contributed by atoms with Crippen molar-refractivity contribution in [2.24, 2.45) is 0 Å². The van der Waals surface area contributed by atoms with E-state index in [1.54, 1.807) is 0 Å². The molecule has 1 aliphatic heterocycles. The van der Waals surface area contributed by atoms with Crippen LogP contribution in [0, 0.1) is 0 Å². The minimum atomic E-state index is -0.432. The van der Waals surface area contributed by atoms with Crippen LogP contribution in [0.3, 0.4) is 0 Å². The van der Waals surface area contributed by atoms with E-state index in [1.165, 1.54) is 0 Å². The van der Waals surface area contributed by atoms with Crippen molar-refractivity contribution in [1.29, 1.82) is 0 Å². The molecule has 1 aliphatic rings. The normalized spacial score (nSPS) is 24.6. The number of unbranched alkanes of at least 4 members (excludes halogenated alkanes) is 1. The Morgan fingerprint density at radius 2 is 2.25 bits per heavy atom. The molecule has 0 saturated carbocycles. The van der Waals surface area contributed by atoms with Crippen molar-refractivity contribution in [3.63, 3.8) is 0 Å². The first-order valence-corrected chi connectivity index (χ1v) is 5.90. The van der Waals surface area contributed by atoms with Gasteiger partial charge in [-0.05, 0) is 6.42 Å². The molecule has 5 nitrogen and oxygen atoms in total. The second-order valence-corrected chi connectivity index (χ2v) is 3.98. The lowest BCUT2D eigenvalue weighted by Gasteiger charge is -2.10. The van der Waals surface area contributed by atoms with Crippen LogP contribution < -0.4 is 5.32 Å². The summed E-state index contributed by atoms with van der Waals surface area (Å²) in [7, 11) is 0. The Bertz CT molecular complexity index is 210. The Morgan fingerprint density at radius 3 is 2.88 bits per heavy atom. The molecule has 1 fully saturated rings. The number of β-amino-alcohol motifs (C(OH)–C–C–N with tert-alkyl or cyclic N) is 1. The molecule has 0 aromatic heterocycles. The predicted octanol–water partition coefficient (Wildman–Crippen LogP) is 0.0691. The van der Waals surface area contributed by atoms with E-state index < -0.39 is 6.10 Å². The van der Waals surface area contributed by atoms with Crippen molar-refractivity contribution >= 4 is 5.97 Å². The number of carbonyl (C=O) groups excluding carboxylic acids is 1. The zero-order valence-corrected chi connectivity index (χ0v) is 9.78. The molecule has 0 aliphatic carbocycles. The predicted molar refractivity (Wildman–Crippen MR) is 59.1 cm³/mol. The Hall–Kier alpha value is -0.650. The smallest absolute Gasteiger partial charge is 0.323 e. The summed E-state index contributed by atoms with van der Waals surface area (Å²) >= 11 is 0. The van der Waals surface area contributed by atoms with Gasteiger partial charge in [0.1, 0.15) is 12.6 Å². The van der Waals surface area contributed by atoms with Gasteiger partial charge in [-0.1, -0.05) is 13.3 Å². The van der Waals surface area contributed by atoms with E-state index >= 15 is 0 Å². The van der Waals surface area contributed by atoms with Gasteiger partial charge in [0.2, 0.25) is 0 Å². The molecule has 1 rings (SSSR count). The summed E-state index contributed by atoms with van der Waals surface area (Å²) in [4.78, 5) is 11.4. The van der Waals surface area contributed by atoms with Crippen LogP contribution in [-0.4, -0.2) is 49.6 Å². The highest BCUT2D eigenvalue weighted by Crippen LogP contribution is 2.07. The van der Waals surface area contributed by atoms with E-state index in [-0.39, 0.29) is 18.6 Å². The van der Waals surface area contributed by atoms with Gasteiger partial charge >= 0.3 is 5.97 Å². The molecule has 2 atom stereocenters. The van der Waals surface area contributed by atoms with Crippen LogP contribution in [0.5, 0.6) is 0 Å². The third-order valence-electron chi connectivity index (χ3n) is 2.51. The first-order chi connectivity index (χ1) is 7.74. The highest BCUT2D eigenvalue weighted by Gasteiger charge is 2.28. The minimum Gasteiger partial charge on any atom is -0.462 e. The largest absolute Gasteiger partial charge is 0.462 e. The second-order valence-electron chi connectivity index (χ2n) is 3.98. The molecule has 0 aromatic rings. The second kappa shape index (κ2) is 7.60. The SMILES string of the molecule is CCCCOCCOC(=O)[C@H]1C[C@@H](O)CN1. The van der Waals surface area contributed by atoms with Crippen LogP contribution in [0.2, 0.25) is 0 Å². The van der Waals surface area contributed by atoms with Gasteiger partial charge in [0.05, 0.1) is 12.7 Å². The topological polar surface area (TPSA) is 67.8 Å². The molecular weight excluding hydrogens is 210 g/mol. The van der Waals surface area contributed by atoms with Crippen LogP contribution in [-0.2, 0) is 14.3 Å². The van der Waals surface area contributed by atoms with Crippen molar-refractivity contribution in [2.75, 3.05) is 26.4 Å². The van der Waals surface area contributed by atoms with Crippen LogP contribution >= 0.6 is 0 Å². The van der Waals surface area contributed by atoms with Crippen molar-refractivity contribution < 1.29 is 19.4 Å². The van der Waals surface area contributed by atoms with E-state index in [4.69, 9.17) is 9.47 Å². The Labute approximate surface area is 96.1 Å². The lowest BCUT2D eigenvalue weighted by molar-refractivity contribution is -0.147. The molecule has 0 bridgehead atoms. The number of hydrogen-bond donors (Lipinski definition) is 2. The van der Waals surface area contributed by atoms with Gasteiger partial charge in [-0.3, -0.25) is 4.79 Å². The maximum absolute atomic E-state index is 11.4. The molecule has 94 valence electrons. The first kappa shape index (κ1) is 13.4. The van der Waals surface area contributed by atoms with Crippen molar-refractivity contribution in [1.82, 2.24) is 5.32 Å². The molecule has 5 heteroatoms. The number of rotatable bonds is 7. The van der Waals surface area contributed by atoms with Gasteiger partial charge in [-0.15, -0.1) is 0 Å². The van der Waals surface area contributed by atoms with E-state index in [9.17, 15) is 9.90 Å². The summed E-state index contributed by atoms with van der Waals surface area (Å²) in [6.07, 6.45) is 2.14. The van der Waals surface area contributed by atoms with Crippen molar-refractivity contribution in [3.8, 4) is 0 Å². The lowest BCUT2D eigenvalue weighted by atomic mass is 10.2. The van der Waals surface area contributed by atoms with Crippen LogP contribution in [0.15, 0.2) is 0 Å². The molecule has 0 spiro atoms. The summed E-state index contributed by atoms with van der Waals surface area (Å²) in [6.45, 7) is 4.01. The molecule has 1 saturated heterocycles. The van der Waals surface area contributed by atoms with E-state index in [0.29, 0.717) is 26.2 Å². The van der Waals surface area contributed by atoms with Gasteiger partial charge in [0.25, 0.3) is 0 Å². The zero-order valence-electron chi connectivity index (χ0n) is 9.78. The summed E-state index contributed by atoms with van der Waals surface area (Å²) in [5.41, 5.74) is 0. The van der Waals surface area contributed by atoms with Gasteiger partial charge in [0, 0.05) is 19.6 Å². The third-order valence-corrected chi connectivity index (χ3v) is 2.51. The molecule has 1 heterocycles. The first-order valence-electron chi connectivity index (χ1n) is 5.90. The van der Waals surface area contributed by atoms with E-state index in [1.807, 2.05) is 0 Å². The number of ether oxygens (including phenoxy) is 2.